The molecule has 0 aliphatic heterocycles. The Hall–Kier alpha value is -7.52. The molecule has 278 valence electrons. The Morgan fingerprint density at radius 2 is 0.733 bits per heavy atom. The lowest BCUT2D eigenvalue weighted by Gasteiger charge is -2.19. The number of thiophene rings is 1. The second-order valence-corrected chi connectivity index (χ2v) is 16.9. The van der Waals surface area contributed by atoms with Crippen molar-refractivity contribution in [3.05, 3.63) is 206 Å². The summed E-state index contributed by atoms with van der Waals surface area (Å²) in [6.45, 7) is 0. The normalized spacial score (nSPS) is 12.0. The van der Waals surface area contributed by atoms with Gasteiger partial charge in [0.15, 0.2) is 0 Å². The van der Waals surface area contributed by atoms with Gasteiger partial charge < -0.3 is 4.42 Å². The number of benzene rings is 11. The largest absolute Gasteiger partial charge is 0.456 e. The molecule has 0 atom stereocenters. The van der Waals surface area contributed by atoms with Crippen LogP contribution in [0.3, 0.4) is 0 Å². The second kappa shape index (κ2) is 13.0. The van der Waals surface area contributed by atoms with E-state index in [1.807, 2.05) is 17.4 Å². The van der Waals surface area contributed by atoms with Gasteiger partial charge in [-0.25, -0.2) is 0 Å². The number of hydrogen-bond acceptors (Lipinski definition) is 2. The first-order chi connectivity index (χ1) is 29.8. The monoisotopic (exact) mass is 778 g/mol. The van der Waals surface area contributed by atoms with Crippen molar-refractivity contribution in [1.29, 1.82) is 0 Å². The average Bonchev–Trinajstić information content (AvgIpc) is 3.89. The van der Waals surface area contributed by atoms with Crippen LogP contribution in [0.2, 0.25) is 0 Å². The van der Waals surface area contributed by atoms with Crippen molar-refractivity contribution in [2.24, 2.45) is 0 Å². The fourth-order valence-corrected chi connectivity index (χ4v) is 11.4. The maximum atomic E-state index is 6.27. The van der Waals surface area contributed by atoms with Crippen LogP contribution >= 0.6 is 11.3 Å². The molecule has 2 aromatic heterocycles. The van der Waals surface area contributed by atoms with Crippen LogP contribution in [0, 0.1) is 0 Å². The van der Waals surface area contributed by atoms with E-state index in [-0.39, 0.29) is 0 Å². The Kier molecular flexibility index (Phi) is 7.24. The minimum Gasteiger partial charge on any atom is -0.456 e. The van der Waals surface area contributed by atoms with E-state index in [2.05, 4.69) is 200 Å². The second-order valence-electron chi connectivity index (χ2n) is 15.8. The van der Waals surface area contributed by atoms with Gasteiger partial charge in [0.05, 0.1) is 0 Å². The Morgan fingerprint density at radius 1 is 0.283 bits per heavy atom. The molecule has 0 aliphatic rings. The third kappa shape index (κ3) is 4.80. The molecule has 11 aromatic carbocycles. The molecule has 13 aromatic rings. The third-order valence-electron chi connectivity index (χ3n) is 12.7. The highest BCUT2D eigenvalue weighted by molar-refractivity contribution is 7.26. The summed E-state index contributed by atoms with van der Waals surface area (Å²) in [4.78, 5) is 0. The van der Waals surface area contributed by atoms with E-state index in [1.54, 1.807) is 0 Å². The van der Waals surface area contributed by atoms with Crippen molar-refractivity contribution in [2.45, 2.75) is 0 Å². The molecule has 0 bridgehead atoms. The lowest BCUT2D eigenvalue weighted by Crippen LogP contribution is -1.91. The number of furan rings is 1. The quantitative estimate of drug-likeness (QED) is 0.162. The molecule has 2 heteroatoms. The Balaban J connectivity index is 1.09. The average molecular weight is 779 g/mol. The van der Waals surface area contributed by atoms with Crippen molar-refractivity contribution in [1.82, 2.24) is 0 Å². The van der Waals surface area contributed by atoms with Gasteiger partial charge >= 0.3 is 0 Å². The molecule has 2 heterocycles. The summed E-state index contributed by atoms with van der Waals surface area (Å²) in [6.07, 6.45) is 0. The highest BCUT2D eigenvalue weighted by Crippen LogP contribution is 2.51. The molecule has 1 nitrogen and oxygen atoms in total. The van der Waals surface area contributed by atoms with E-state index in [1.165, 1.54) is 108 Å². The van der Waals surface area contributed by atoms with Gasteiger partial charge in [-0.1, -0.05) is 182 Å². The summed E-state index contributed by atoms with van der Waals surface area (Å²) >= 11 is 1.91. The Bertz CT molecular complexity index is 3770. The van der Waals surface area contributed by atoms with Crippen LogP contribution in [0.1, 0.15) is 0 Å². The van der Waals surface area contributed by atoms with Crippen LogP contribution in [0.15, 0.2) is 211 Å². The number of fused-ring (bicyclic) bond motifs is 10. The van der Waals surface area contributed by atoms with Crippen LogP contribution in [0.25, 0.3) is 130 Å². The molecule has 0 fully saturated rings. The van der Waals surface area contributed by atoms with E-state index in [4.69, 9.17) is 4.42 Å². The van der Waals surface area contributed by atoms with E-state index in [9.17, 15) is 0 Å². The topological polar surface area (TPSA) is 13.1 Å². The molecular formula is C58H34OS. The van der Waals surface area contributed by atoms with Crippen LogP contribution < -0.4 is 0 Å². The summed E-state index contributed by atoms with van der Waals surface area (Å²) in [5, 5.41) is 15.0. The lowest BCUT2D eigenvalue weighted by molar-refractivity contribution is 0.669. The summed E-state index contributed by atoms with van der Waals surface area (Å²) in [6, 6.07) is 75.7. The van der Waals surface area contributed by atoms with Gasteiger partial charge in [-0.3, -0.25) is 0 Å². The minimum atomic E-state index is 0.911. The van der Waals surface area contributed by atoms with E-state index in [0.717, 1.165) is 21.9 Å². The maximum absolute atomic E-state index is 6.27. The smallest absolute Gasteiger partial charge is 0.135 e. The van der Waals surface area contributed by atoms with Gasteiger partial charge in [-0.2, -0.15) is 0 Å². The summed E-state index contributed by atoms with van der Waals surface area (Å²) in [7, 11) is 0. The van der Waals surface area contributed by atoms with Gasteiger partial charge in [0.25, 0.3) is 0 Å². The number of rotatable bonds is 4. The summed E-state index contributed by atoms with van der Waals surface area (Å²) < 4.78 is 8.87. The standard InChI is InChI=1S/C58H34OS/c1-2-16-35(17-3-1)53-38-19-4-10-25-44(38)56(45-26-11-5-20-39(45)53)47-28-14-29-48-57-46(27-15-31-52(57)60-58(47)48)55-42-23-8-6-21-40(42)54(41-22-7-9-24-43(41)55)36-32-33-51-49(34-36)37-18-12-13-30-50(37)59-51/h1-34H. The van der Waals surface area contributed by atoms with Gasteiger partial charge in [0, 0.05) is 36.5 Å². The fraction of sp³-hybridized carbons (Fsp3) is 0. The van der Waals surface area contributed by atoms with Crippen LogP contribution in [0.5, 0.6) is 0 Å². The zero-order chi connectivity index (χ0) is 39.3. The van der Waals surface area contributed by atoms with E-state index in [0.29, 0.717) is 0 Å². The first kappa shape index (κ1) is 33.5. The van der Waals surface area contributed by atoms with Gasteiger partial charge in [-0.05, 0) is 106 Å². The van der Waals surface area contributed by atoms with Crippen LogP contribution in [0.4, 0.5) is 0 Å². The minimum absolute atomic E-state index is 0.911. The molecule has 0 spiro atoms. The molecule has 0 saturated heterocycles. The van der Waals surface area contributed by atoms with E-state index < -0.39 is 0 Å². The van der Waals surface area contributed by atoms with Crippen molar-refractivity contribution >= 4 is 96.5 Å². The SMILES string of the molecule is c1ccc(-c2c3ccccc3c(-c3cccc4c3sc3cccc(-c5c6ccccc6c(-c6ccc7oc8ccccc8c7c6)c6ccccc56)c34)c3ccccc23)cc1. The maximum Gasteiger partial charge on any atom is 0.135 e. The lowest BCUT2D eigenvalue weighted by atomic mass is 9.84. The molecule has 0 unspecified atom stereocenters. The summed E-state index contributed by atoms with van der Waals surface area (Å²) in [5.74, 6) is 0. The molecule has 0 amide bonds. The number of hydrogen-bond donors (Lipinski definition) is 0. The van der Waals surface area contributed by atoms with Crippen LogP contribution in [-0.4, -0.2) is 0 Å². The predicted octanol–water partition coefficient (Wildman–Crippen LogP) is 17.2. The first-order valence-electron chi connectivity index (χ1n) is 20.6. The van der Waals surface area contributed by atoms with Gasteiger partial charge in [-0.15, -0.1) is 11.3 Å². The molecule has 0 radical (unpaired) electrons. The zero-order valence-electron chi connectivity index (χ0n) is 32.4. The van der Waals surface area contributed by atoms with Crippen molar-refractivity contribution < 1.29 is 4.42 Å². The Labute approximate surface area is 350 Å². The highest BCUT2D eigenvalue weighted by Gasteiger charge is 2.23. The first-order valence-corrected chi connectivity index (χ1v) is 21.4. The molecule has 0 aliphatic carbocycles. The van der Waals surface area contributed by atoms with E-state index >= 15 is 0 Å². The fourth-order valence-electron chi connectivity index (χ4n) is 10.2. The van der Waals surface area contributed by atoms with Gasteiger partial charge in [0.1, 0.15) is 11.2 Å². The number of para-hydroxylation sites is 1. The molecular weight excluding hydrogens is 745 g/mol. The highest BCUT2D eigenvalue weighted by atomic mass is 32.1. The molecule has 0 saturated carbocycles. The predicted molar refractivity (Wildman–Crippen MR) is 258 cm³/mol. The van der Waals surface area contributed by atoms with Crippen molar-refractivity contribution in [3.63, 3.8) is 0 Å². The Morgan fingerprint density at radius 3 is 1.35 bits per heavy atom. The summed E-state index contributed by atoms with van der Waals surface area (Å²) in [5.41, 5.74) is 11.9. The zero-order valence-corrected chi connectivity index (χ0v) is 33.3. The van der Waals surface area contributed by atoms with Crippen molar-refractivity contribution in [3.8, 4) is 44.5 Å². The van der Waals surface area contributed by atoms with Crippen molar-refractivity contribution in [2.75, 3.05) is 0 Å². The molecule has 13 rings (SSSR count). The molecule has 0 N–H and O–H groups in total. The van der Waals surface area contributed by atoms with Gasteiger partial charge in [0.2, 0.25) is 0 Å². The third-order valence-corrected chi connectivity index (χ3v) is 13.9. The molecule has 60 heavy (non-hydrogen) atoms. The van der Waals surface area contributed by atoms with Crippen LogP contribution in [-0.2, 0) is 0 Å².